The quantitative estimate of drug-likeness (QED) is 0.462. The molecular weight excluding hydrogens is 431 g/mol. The minimum atomic E-state index is -4.73. The maximum atomic E-state index is 13.7. The van der Waals surface area contributed by atoms with Crippen LogP contribution in [-0.4, -0.2) is 25.5 Å². The molecule has 0 unspecified atom stereocenters. The summed E-state index contributed by atoms with van der Waals surface area (Å²) in [5.41, 5.74) is 1.60. The van der Waals surface area contributed by atoms with E-state index in [1.165, 1.54) is 0 Å². The Balaban J connectivity index is 1.78. The number of hydrogen-bond acceptors (Lipinski definition) is 4. The van der Waals surface area contributed by atoms with Gasteiger partial charge in [0.25, 0.3) is 11.7 Å². The standard InChI is InChI=1S/C21H15ClF3N5O/c1-11-3-6-13(7-4-11)16-10-17(21(23,24)25)30-20(27-16)28-18(29-30)19(31)26-15-8-5-12(2)9-14(15)22/h3-10H,1-2H3,(H,26,31). The van der Waals surface area contributed by atoms with Crippen molar-refractivity contribution in [2.24, 2.45) is 0 Å². The Kier molecular flexibility index (Phi) is 5.14. The molecule has 0 radical (unpaired) electrons. The number of benzene rings is 2. The predicted octanol–water partition coefficient (Wildman–Crippen LogP) is 5.33. The van der Waals surface area contributed by atoms with Gasteiger partial charge in [-0.15, -0.1) is 5.10 Å². The first-order chi connectivity index (χ1) is 14.6. The first kappa shape index (κ1) is 20.8. The van der Waals surface area contributed by atoms with Crippen molar-refractivity contribution in [1.29, 1.82) is 0 Å². The van der Waals surface area contributed by atoms with Gasteiger partial charge in [-0.1, -0.05) is 47.5 Å². The van der Waals surface area contributed by atoms with Crippen molar-refractivity contribution in [3.8, 4) is 11.3 Å². The molecule has 1 N–H and O–H groups in total. The highest BCUT2D eigenvalue weighted by atomic mass is 35.5. The Hall–Kier alpha value is -3.46. The average Bonchev–Trinajstić information content (AvgIpc) is 3.13. The van der Waals surface area contributed by atoms with Crippen LogP contribution in [0.2, 0.25) is 5.02 Å². The van der Waals surface area contributed by atoms with Crippen LogP contribution >= 0.6 is 11.6 Å². The highest BCUT2D eigenvalue weighted by Crippen LogP contribution is 2.32. The molecule has 0 aliphatic rings. The maximum absolute atomic E-state index is 13.7. The zero-order valence-electron chi connectivity index (χ0n) is 16.3. The lowest BCUT2D eigenvalue weighted by atomic mass is 10.1. The molecule has 0 aliphatic heterocycles. The van der Waals surface area contributed by atoms with Gasteiger partial charge in [0, 0.05) is 5.56 Å². The predicted molar refractivity (Wildman–Crippen MR) is 110 cm³/mol. The minimum absolute atomic E-state index is 0.0702. The fraction of sp³-hybridized carbons (Fsp3) is 0.143. The highest BCUT2D eigenvalue weighted by Gasteiger charge is 2.36. The molecule has 0 bridgehead atoms. The van der Waals surface area contributed by atoms with E-state index in [-0.39, 0.29) is 16.5 Å². The molecule has 0 aliphatic carbocycles. The summed E-state index contributed by atoms with van der Waals surface area (Å²) in [7, 11) is 0. The molecular formula is C21H15ClF3N5O. The molecule has 4 aromatic rings. The van der Waals surface area contributed by atoms with E-state index in [1.807, 2.05) is 13.8 Å². The number of hydrogen-bond donors (Lipinski definition) is 1. The number of aryl methyl sites for hydroxylation is 2. The summed E-state index contributed by atoms with van der Waals surface area (Å²) in [5, 5.41) is 6.53. The van der Waals surface area contributed by atoms with Gasteiger partial charge >= 0.3 is 6.18 Å². The van der Waals surface area contributed by atoms with Crippen LogP contribution in [0.3, 0.4) is 0 Å². The van der Waals surface area contributed by atoms with Gasteiger partial charge in [0.15, 0.2) is 5.69 Å². The van der Waals surface area contributed by atoms with Crippen LogP contribution in [-0.2, 0) is 6.18 Å². The third kappa shape index (κ3) is 4.22. The van der Waals surface area contributed by atoms with E-state index in [9.17, 15) is 18.0 Å². The summed E-state index contributed by atoms with van der Waals surface area (Å²) in [5.74, 6) is -1.61. The number of carbonyl (C=O) groups excluding carboxylic acids is 1. The molecule has 0 spiro atoms. The fourth-order valence-corrected chi connectivity index (χ4v) is 3.22. The van der Waals surface area contributed by atoms with E-state index in [4.69, 9.17) is 11.6 Å². The first-order valence-electron chi connectivity index (χ1n) is 9.11. The zero-order valence-corrected chi connectivity index (χ0v) is 17.1. The molecule has 2 aromatic carbocycles. The molecule has 0 fully saturated rings. The molecule has 2 heterocycles. The van der Waals surface area contributed by atoms with Crippen LogP contribution < -0.4 is 5.32 Å². The number of rotatable bonds is 3. The topological polar surface area (TPSA) is 72.2 Å². The molecule has 0 atom stereocenters. The SMILES string of the molecule is Cc1ccc(-c2cc(C(F)(F)F)n3nc(C(=O)Nc4ccc(C)cc4Cl)nc3n2)cc1. The van der Waals surface area contributed by atoms with Crippen molar-refractivity contribution in [2.45, 2.75) is 20.0 Å². The van der Waals surface area contributed by atoms with E-state index in [0.29, 0.717) is 15.8 Å². The Morgan fingerprint density at radius 2 is 1.68 bits per heavy atom. The Labute approximate surface area is 179 Å². The van der Waals surface area contributed by atoms with Crippen molar-refractivity contribution in [1.82, 2.24) is 19.6 Å². The third-order valence-electron chi connectivity index (χ3n) is 4.53. The van der Waals surface area contributed by atoms with E-state index in [0.717, 1.165) is 17.2 Å². The Morgan fingerprint density at radius 3 is 2.32 bits per heavy atom. The summed E-state index contributed by atoms with van der Waals surface area (Å²) in [4.78, 5) is 20.6. The molecule has 0 saturated carbocycles. The minimum Gasteiger partial charge on any atom is -0.318 e. The molecule has 2 aromatic heterocycles. The number of fused-ring (bicyclic) bond motifs is 1. The smallest absolute Gasteiger partial charge is 0.318 e. The van der Waals surface area contributed by atoms with Crippen LogP contribution in [0.5, 0.6) is 0 Å². The van der Waals surface area contributed by atoms with Crippen molar-refractivity contribution in [3.05, 3.63) is 76.2 Å². The number of anilines is 1. The number of amides is 1. The van der Waals surface area contributed by atoms with Crippen molar-refractivity contribution in [2.75, 3.05) is 5.32 Å². The Bertz CT molecular complexity index is 1300. The van der Waals surface area contributed by atoms with Gasteiger partial charge in [0.05, 0.1) is 16.4 Å². The highest BCUT2D eigenvalue weighted by molar-refractivity contribution is 6.34. The third-order valence-corrected chi connectivity index (χ3v) is 4.84. The van der Waals surface area contributed by atoms with Gasteiger partial charge in [-0.25, -0.2) is 4.98 Å². The van der Waals surface area contributed by atoms with Crippen LogP contribution in [0.1, 0.15) is 27.4 Å². The van der Waals surface area contributed by atoms with E-state index in [1.54, 1.807) is 42.5 Å². The summed E-state index contributed by atoms with van der Waals surface area (Å²) < 4.78 is 41.6. The van der Waals surface area contributed by atoms with E-state index in [2.05, 4.69) is 20.4 Å². The lowest BCUT2D eigenvalue weighted by molar-refractivity contribution is -0.142. The summed E-state index contributed by atoms with van der Waals surface area (Å²) in [6.07, 6.45) is -4.73. The number of nitrogens with one attached hydrogen (secondary N) is 1. The summed E-state index contributed by atoms with van der Waals surface area (Å²) in [6, 6.07) is 12.7. The van der Waals surface area contributed by atoms with Crippen molar-refractivity contribution < 1.29 is 18.0 Å². The lowest BCUT2D eigenvalue weighted by Crippen LogP contribution is -2.16. The van der Waals surface area contributed by atoms with Crippen molar-refractivity contribution in [3.63, 3.8) is 0 Å². The van der Waals surface area contributed by atoms with Gasteiger partial charge < -0.3 is 5.32 Å². The summed E-state index contributed by atoms with van der Waals surface area (Å²) >= 11 is 6.10. The molecule has 4 rings (SSSR count). The maximum Gasteiger partial charge on any atom is 0.433 e. The first-order valence-corrected chi connectivity index (χ1v) is 9.49. The lowest BCUT2D eigenvalue weighted by Gasteiger charge is -2.10. The number of aromatic nitrogens is 4. The molecule has 0 saturated heterocycles. The van der Waals surface area contributed by atoms with Crippen LogP contribution in [0, 0.1) is 13.8 Å². The van der Waals surface area contributed by atoms with Gasteiger partial charge in [-0.3, -0.25) is 4.79 Å². The molecule has 158 valence electrons. The van der Waals surface area contributed by atoms with E-state index >= 15 is 0 Å². The van der Waals surface area contributed by atoms with E-state index < -0.39 is 23.6 Å². The monoisotopic (exact) mass is 445 g/mol. The van der Waals surface area contributed by atoms with Crippen molar-refractivity contribution >= 4 is 29.0 Å². The van der Waals surface area contributed by atoms with Gasteiger partial charge in [0.1, 0.15) is 0 Å². The molecule has 1 amide bonds. The second-order valence-electron chi connectivity index (χ2n) is 6.98. The number of alkyl halides is 3. The number of carbonyl (C=O) groups is 1. The number of halogens is 4. The normalized spacial score (nSPS) is 11.7. The average molecular weight is 446 g/mol. The summed E-state index contributed by atoms with van der Waals surface area (Å²) in [6.45, 7) is 3.70. The van der Waals surface area contributed by atoms with Gasteiger partial charge in [-0.2, -0.15) is 22.7 Å². The molecule has 31 heavy (non-hydrogen) atoms. The second-order valence-corrected chi connectivity index (χ2v) is 7.38. The molecule has 10 heteroatoms. The van der Waals surface area contributed by atoms with Crippen LogP contribution in [0.15, 0.2) is 48.5 Å². The van der Waals surface area contributed by atoms with Crippen LogP contribution in [0.25, 0.3) is 17.0 Å². The van der Waals surface area contributed by atoms with Gasteiger partial charge in [0.2, 0.25) is 5.82 Å². The van der Waals surface area contributed by atoms with Gasteiger partial charge in [-0.05, 0) is 37.6 Å². The second kappa shape index (κ2) is 7.66. The molecule has 6 nitrogen and oxygen atoms in total. The fourth-order valence-electron chi connectivity index (χ4n) is 2.94. The largest absolute Gasteiger partial charge is 0.433 e. The zero-order chi connectivity index (χ0) is 22.3. The number of nitrogens with zero attached hydrogens (tertiary/aromatic N) is 4. The van der Waals surface area contributed by atoms with Crippen LogP contribution in [0.4, 0.5) is 18.9 Å². The Morgan fingerprint density at radius 1 is 1.00 bits per heavy atom.